The van der Waals surface area contributed by atoms with Crippen LogP contribution in [0.25, 0.3) is 0 Å². The van der Waals surface area contributed by atoms with Crippen LogP contribution in [-0.2, 0) is 9.63 Å². The minimum atomic E-state index is -0.642. The molecule has 1 saturated carbocycles. The van der Waals surface area contributed by atoms with Crippen LogP contribution in [0.4, 0.5) is 37.5 Å². The second kappa shape index (κ2) is 13.1. The van der Waals surface area contributed by atoms with Gasteiger partial charge in [-0.1, -0.05) is 25.5 Å². The van der Waals surface area contributed by atoms with E-state index in [9.17, 15) is 13.6 Å². The van der Waals surface area contributed by atoms with Crippen molar-refractivity contribution in [1.29, 1.82) is 0 Å². The molecule has 0 radical (unpaired) electrons. The molecule has 12 heteroatoms. The van der Waals surface area contributed by atoms with Crippen LogP contribution in [0, 0.1) is 11.6 Å². The van der Waals surface area contributed by atoms with E-state index in [1.54, 1.807) is 13.2 Å². The lowest BCUT2D eigenvalue weighted by Gasteiger charge is -2.40. The summed E-state index contributed by atoms with van der Waals surface area (Å²) in [7, 11) is 1.59. The molecule has 2 saturated heterocycles. The van der Waals surface area contributed by atoms with Crippen molar-refractivity contribution in [2.24, 2.45) is 0 Å². The molecule has 1 aromatic heterocycles. The van der Waals surface area contributed by atoms with Crippen LogP contribution in [0.5, 0.6) is 5.75 Å². The molecule has 232 valence electrons. The number of hydrogen-bond donors (Lipinski definition) is 2. The van der Waals surface area contributed by atoms with Crippen molar-refractivity contribution in [3.05, 3.63) is 72.6 Å². The largest absolute Gasteiger partial charge is 0.494 e. The van der Waals surface area contributed by atoms with Crippen molar-refractivity contribution in [2.45, 2.75) is 44.2 Å². The van der Waals surface area contributed by atoms with Crippen molar-refractivity contribution < 1.29 is 23.1 Å². The van der Waals surface area contributed by atoms with Crippen molar-refractivity contribution in [3.63, 3.8) is 0 Å². The first-order valence-electron chi connectivity index (χ1n) is 15.0. The van der Waals surface area contributed by atoms with Crippen LogP contribution in [0.3, 0.4) is 0 Å². The SMILES string of the molecule is C=CC(=O)Nc1cc(Nc2cc(N3OCCC3c3ccc(F)cc3F)ncn2)c(OC)cc1N1CCN(C2CCCC2)CC1. The van der Waals surface area contributed by atoms with E-state index in [1.807, 2.05) is 12.1 Å². The van der Waals surface area contributed by atoms with E-state index >= 15 is 0 Å². The van der Waals surface area contributed by atoms with E-state index in [-0.39, 0.29) is 5.91 Å². The maximum absolute atomic E-state index is 14.6. The molecule has 2 N–H and O–H groups in total. The summed E-state index contributed by atoms with van der Waals surface area (Å²) in [5.41, 5.74) is 2.39. The average Bonchev–Trinajstić information content (AvgIpc) is 3.75. The number of halogens is 2. The van der Waals surface area contributed by atoms with E-state index in [0.717, 1.165) is 37.9 Å². The summed E-state index contributed by atoms with van der Waals surface area (Å²) in [6, 6.07) is 9.14. The summed E-state index contributed by atoms with van der Waals surface area (Å²) in [6.45, 7) is 7.57. The second-order valence-corrected chi connectivity index (χ2v) is 11.2. The highest BCUT2D eigenvalue weighted by atomic mass is 19.1. The van der Waals surface area contributed by atoms with Gasteiger partial charge >= 0.3 is 0 Å². The van der Waals surface area contributed by atoms with Gasteiger partial charge < -0.3 is 20.3 Å². The molecule has 44 heavy (non-hydrogen) atoms. The van der Waals surface area contributed by atoms with Crippen LogP contribution in [0.15, 0.2) is 55.4 Å². The third-order valence-electron chi connectivity index (χ3n) is 8.62. The number of carbonyl (C=O) groups excluding carboxylic acids is 1. The van der Waals surface area contributed by atoms with Crippen LogP contribution >= 0.6 is 0 Å². The Morgan fingerprint density at radius 3 is 2.57 bits per heavy atom. The molecule has 1 atom stereocenters. The maximum Gasteiger partial charge on any atom is 0.247 e. The summed E-state index contributed by atoms with van der Waals surface area (Å²) in [5.74, 6) is -0.192. The Hall–Kier alpha value is -4.29. The third kappa shape index (κ3) is 6.31. The average molecular weight is 606 g/mol. The van der Waals surface area contributed by atoms with Crippen LogP contribution < -0.4 is 25.3 Å². The van der Waals surface area contributed by atoms with Crippen molar-refractivity contribution >= 4 is 34.6 Å². The zero-order chi connectivity index (χ0) is 30.6. The van der Waals surface area contributed by atoms with E-state index in [1.165, 1.54) is 55.3 Å². The van der Waals surface area contributed by atoms with Gasteiger partial charge in [-0.3, -0.25) is 14.5 Å². The Morgan fingerprint density at radius 1 is 1.05 bits per heavy atom. The molecule has 3 aromatic rings. The summed E-state index contributed by atoms with van der Waals surface area (Å²) in [5, 5.41) is 7.76. The summed E-state index contributed by atoms with van der Waals surface area (Å²) in [4.78, 5) is 31.8. The first kappa shape index (κ1) is 29.8. The van der Waals surface area contributed by atoms with E-state index in [0.29, 0.717) is 53.4 Å². The van der Waals surface area contributed by atoms with Gasteiger partial charge in [-0.25, -0.2) is 23.8 Å². The quantitative estimate of drug-likeness (QED) is 0.303. The normalized spacial score (nSPS) is 19.3. The number of nitrogens with one attached hydrogen (secondary N) is 2. The minimum Gasteiger partial charge on any atom is -0.494 e. The topological polar surface area (TPSA) is 95.1 Å². The number of piperazine rings is 1. The first-order chi connectivity index (χ1) is 21.4. The molecule has 1 aliphatic carbocycles. The molecule has 3 heterocycles. The zero-order valence-electron chi connectivity index (χ0n) is 24.8. The lowest BCUT2D eigenvalue weighted by Crippen LogP contribution is -2.49. The summed E-state index contributed by atoms with van der Waals surface area (Å²) < 4.78 is 34.0. The van der Waals surface area contributed by atoms with Crippen molar-refractivity contribution in [1.82, 2.24) is 14.9 Å². The predicted molar refractivity (Wildman–Crippen MR) is 165 cm³/mol. The highest BCUT2D eigenvalue weighted by Gasteiger charge is 2.32. The predicted octanol–water partition coefficient (Wildman–Crippen LogP) is 5.58. The molecule has 2 aliphatic heterocycles. The Balaban J connectivity index is 1.25. The van der Waals surface area contributed by atoms with Gasteiger partial charge in [-0.15, -0.1) is 0 Å². The Bertz CT molecular complexity index is 1510. The number of nitrogens with zero attached hydrogens (tertiary/aromatic N) is 5. The number of anilines is 5. The number of ether oxygens (including phenoxy) is 1. The molecule has 3 fully saturated rings. The third-order valence-corrected chi connectivity index (χ3v) is 8.62. The number of benzene rings is 2. The fourth-order valence-corrected chi connectivity index (χ4v) is 6.40. The van der Waals surface area contributed by atoms with Crippen molar-refractivity contribution in [3.8, 4) is 5.75 Å². The highest BCUT2D eigenvalue weighted by molar-refractivity contribution is 6.02. The van der Waals surface area contributed by atoms with Gasteiger partial charge in [-0.05, 0) is 31.1 Å². The number of methoxy groups -OCH3 is 1. The van der Waals surface area contributed by atoms with Crippen molar-refractivity contribution in [2.75, 3.05) is 60.5 Å². The van der Waals surface area contributed by atoms with E-state index in [4.69, 9.17) is 9.57 Å². The number of aromatic nitrogens is 2. The molecular weight excluding hydrogens is 568 g/mol. The second-order valence-electron chi connectivity index (χ2n) is 11.2. The Morgan fingerprint density at radius 2 is 1.84 bits per heavy atom. The number of hydroxylamine groups is 1. The van der Waals surface area contributed by atoms with Gasteiger partial charge in [0.1, 0.15) is 29.5 Å². The first-order valence-corrected chi connectivity index (χ1v) is 15.0. The van der Waals surface area contributed by atoms with E-state index in [2.05, 4.69) is 37.0 Å². The lowest BCUT2D eigenvalue weighted by atomic mass is 10.0. The summed E-state index contributed by atoms with van der Waals surface area (Å²) >= 11 is 0. The molecule has 3 aliphatic rings. The molecule has 1 unspecified atom stereocenters. The number of hydrogen-bond acceptors (Lipinski definition) is 9. The van der Waals surface area contributed by atoms with Gasteiger partial charge in [0.2, 0.25) is 5.91 Å². The van der Waals surface area contributed by atoms with Crippen LogP contribution in [0.2, 0.25) is 0 Å². The standard InChI is InChI=1S/C32H37F2N7O3/c1-3-32(42)38-25-17-26(29(43-2)18-28(25)40-13-11-39(12-14-40)22-6-4-5-7-22)37-30-19-31(36-20-35-30)41-27(10-15-44-41)23-9-8-21(33)16-24(23)34/h3,8-9,16-20,22,27H,1,4-7,10-15H2,2H3,(H,38,42)(H,35,36,37). The van der Waals surface area contributed by atoms with Crippen LogP contribution in [0.1, 0.15) is 43.7 Å². The fraction of sp³-hybridized carbons (Fsp3) is 0.406. The summed E-state index contributed by atoms with van der Waals surface area (Å²) in [6.07, 6.45) is 8.28. The molecule has 1 amide bonds. The van der Waals surface area contributed by atoms with Gasteiger partial charge in [0.25, 0.3) is 0 Å². The Kier molecular flexibility index (Phi) is 8.89. The smallest absolute Gasteiger partial charge is 0.247 e. The Labute approximate surface area is 255 Å². The number of carbonyl (C=O) groups is 1. The lowest BCUT2D eigenvalue weighted by molar-refractivity contribution is -0.111. The van der Waals surface area contributed by atoms with E-state index < -0.39 is 17.7 Å². The zero-order valence-corrected chi connectivity index (χ0v) is 24.8. The van der Waals surface area contributed by atoms with Gasteiger partial charge in [-0.2, -0.15) is 0 Å². The molecule has 10 nitrogen and oxygen atoms in total. The molecular formula is C32H37F2N7O3. The maximum atomic E-state index is 14.6. The molecule has 0 bridgehead atoms. The molecule has 6 rings (SSSR count). The van der Waals surface area contributed by atoms with Gasteiger partial charge in [0.05, 0.1) is 36.8 Å². The van der Waals surface area contributed by atoms with Gasteiger partial charge in [0, 0.05) is 62.4 Å². The number of rotatable bonds is 9. The van der Waals surface area contributed by atoms with Gasteiger partial charge in [0.15, 0.2) is 5.82 Å². The molecule has 0 spiro atoms. The molecule has 2 aromatic carbocycles. The monoisotopic (exact) mass is 605 g/mol. The highest BCUT2D eigenvalue weighted by Crippen LogP contribution is 2.40. The number of amides is 1. The van der Waals surface area contributed by atoms with Crippen LogP contribution in [-0.4, -0.2) is 66.7 Å². The minimum absolute atomic E-state index is 0.318. The fourth-order valence-electron chi connectivity index (χ4n) is 6.40.